The second-order valence-electron chi connectivity index (χ2n) is 5.28. The van der Waals surface area contributed by atoms with Crippen LogP contribution in [0.2, 0.25) is 0 Å². The quantitative estimate of drug-likeness (QED) is 0.784. The van der Waals surface area contributed by atoms with Crippen LogP contribution in [-0.2, 0) is 14.8 Å². The standard InChI is InChI=1S/C13H20N2O4S/c1-9-7-10(12(16)19-4)5-6-11(9)20(17,18)15-8-13(2,3)14/h5-7,15H,8,14H2,1-4H3. The van der Waals surface area contributed by atoms with Crippen LogP contribution in [0.5, 0.6) is 0 Å². The summed E-state index contributed by atoms with van der Waals surface area (Å²) in [7, 11) is -2.38. The smallest absolute Gasteiger partial charge is 0.337 e. The highest BCUT2D eigenvalue weighted by atomic mass is 32.2. The van der Waals surface area contributed by atoms with Crippen LogP contribution < -0.4 is 10.5 Å². The van der Waals surface area contributed by atoms with Crippen molar-refractivity contribution in [2.45, 2.75) is 31.2 Å². The molecule has 0 aromatic heterocycles. The van der Waals surface area contributed by atoms with Gasteiger partial charge >= 0.3 is 5.97 Å². The second kappa shape index (κ2) is 5.90. The predicted molar refractivity (Wildman–Crippen MR) is 76.0 cm³/mol. The number of esters is 1. The molecule has 1 aromatic rings. The summed E-state index contributed by atoms with van der Waals surface area (Å²) in [6, 6.07) is 4.28. The first-order chi connectivity index (χ1) is 9.07. The van der Waals surface area contributed by atoms with Gasteiger partial charge in [0, 0.05) is 12.1 Å². The Morgan fingerprint density at radius 3 is 2.45 bits per heavy atom. The molecule has 0 saturated carbocycles. The van der Waals surface area contributed by atoms with Gasteiger partial charge in [0.1, 0.15) is 0 Å². The largest absolute Gasteiger partial charge is 0.465 e. The maximum Gasteiger partial charge on any atom is 0.337 e. The van der Waals surface area contributed by atoms with Gasteiger partial charge in [-0.15, -0.1) is 0 Å². The van der Waals surface area contributed by atoms with Crippen LogP contribution in [-0.4, -0.2) is 33.6 Å². The van der Waals surface area contributed by atoms with Crippen molar-refractivity contribution < 1.29 is 17.9 Å². The number of ether oxygens (including phenoxy) is 1. The van der Waals surface area contributed by atoms with Crippen molar-refractivity contribution in [2.24, 2.45) is 5.73 Å². The van der Waals surface area contributed by atoms with Crippen LogP contribution >= 0.6 is 0 Å². The van der Waals surface area contributed by atoms with Gasteiger partial charge in [-0.3, -0.25) is 0 Å². The Labute approximate surface area is 119 Å². The van der Waals surface area contributed by atoms with E-state index in [1.54, 1.807) is 20.8 Å². The first kappa shape index (κ1) is 16.6. The van der Waals surface area contributed by atoms with E-state index in [-0.39, 0.29) is 11.4 Å². The molecule has 0 saturated heterocycles. The average Bonchev–Trinajstić information content (AvgIpc) is 2.34. The summed E-state index contributed by atoms with van der Waals surface area (Å²) in [6.07, 6.45) is 0. The van der Waals surface area contributed by atoms with Gasteiger partial charge in [0.2, 0.25) is 10.0 Å². The summed E-state index contributed by atoms with van der Waals surface area (Å²) in [5.74, 6) is -0.506. The number of sulfonamides is 1. The van der Waals surface area contributed by atoms with E-state index < -0.39 is 21.5 Å². The minimum Gasteiger partial charge on any atom is -0.465 e. The monoisotopic (exact) mass is 300 g/mol. The molecule has 1 aromatic carbocycles. The van der Waals surface area contributed by atoms with Crippen LogP contribution in [0.3, 0.4) is 0 Å². The molecule has 0 fully saturated rings. The van der Waals surface area contributed by atoms with Crippen molar-refractivity contribution in [2.75, 3.05) is 13.7 Å². The number of carbonyl (C=O) groups excluding carboxylic acids is 1. The van der Waals surface area contributed by atoms with E-state index in [0.717, 1.165) is 0 Å². The number of hydrogen-bond acceptors (Lipinski definition) is 5. The fourth-order valence-corrected chi connectivity index (χ4v) is 3.00. The number of carbonyl (C=O) groups is 1. The van der Waals surface area contributed by atoms with Gasteiger partial charge in [-0.1, -0.05) is 0 Å². The lowest BCUT2D eigenvalue weighted by molar-refractivity contribution is 0.0600. The Morgan fingerprint density at radius 2 is 2.00 bits per heavy atom. The molecule has 0 radical (unpaired) electrons. The van der Waals surface area contributed by atoms with Crippen LogP contribution in [0.15, 0.2) is 23.1 Å². The number of nitrogens with two attached hydrogens (primary N) is 1. The van der Waals surface area contributed by atoms with Crippen molar-refractivity contribution >= 4 is 16.0 Å². The van der Waals surface area contributed by atoms with Crippen LogP contribution in [0.25, 0.3) is 0 Å². The molecule has 6 nitrogen and oxygen atoms in total. The van der Waals surface area contributed by atoms with Crippen molar-refractivity contribution in [3.05, 3.63) is 29.3 Å². The molecule has 7 heteroatoms. The molecule has 1 rings (SSSR count). The first-order valence-corrected chi connectivity index (χ1v) is 7.53. The van der Waals surface area contributed by atoms with Gasteiger partial charge in [-0.05, 0) is 44.5 Å². The molecular formula is C13H20N2O4S. The summed E-state index contributed by atoms with van der Waals surface area (Å²) in [6.45, 7) is 5.19. The Bertz CT molecular complexity index is 603. The number of aryl methyl sites for hydroxylation is 1. The highest BCUT2D eigenvalue weighted by Crippen LogP contribution is 2.17. The number of methoxy groups -OCH3 is 1. The summed E-state index contributed by atoms with van der Waals surface area (Å²) < 4.78 is 31.4. The molecule has 0 aliphatic carbocycles. The summed E-state index contributed by atoms with van der Waals surface area (Å²) in [5.41, 5.74) is 5.88. The summed E-state index contributed by atoms with van der Waals surface area (Å²) >= 11 is 0. The number of nitrogens with one attached hydrogen (secondary N) is 1. The van der Waals surface area contributed by atoms with Crippen LogP contribution in [0.1, 0.15) is 29.8 Å². The first-order valence-electron chi connectivity index (χ1n) is 6.04. The second-order valence-corrected chi connectivity index (χ2v) is 7.02. The van der Waals surface area contributed by atoms with E-state index in [0.29, 0.717) is 11.1 Å². The van der Waals surface area contributed by atoms with E-state index in [4.69, 9.17) is 5.73 Å². The lowest BCUT2D eigenvalue weighted by atomic mass is 10.1. The topological polar surface area (TPSA) is 98.5 Å². The molecule has 0 amide bonds. The fraction of sp³-hybridized carbons (Fsp3) is 0.462. The van der Waals surface area contributed by atoms with Crippen LogP contribution in [0, 0.1) is 6.92 Å². The Kier molecular flexibility index (Phi) is 4.90. The minimum atomic E-state index is -3.66. The minimum absolute atomic E-state index is 0.119. The third kappa shape index (κ3) is 4.29. The molecule has 0 aliphatic heterocycles. The molecule has 0 aliphatic rings. The zero-order valence-corrected chi connectivity index (χ0v) is 12.9. The van der Waals surface area contributed by atoms with Gasteiger partial charge < -0.3 is 10.5 Å². The molecule has 0 atom stereocenters. The molecule has 112 valence electrons. The zero-order valence-electron chi connectivity index (χ0n) is 12.1. The summed E-state index contributed by atoms with van der Waals surface area (Å²) in [5, 5.41) is 0. The van der Waals surface area contributed by atoms with Crippen molar-refractivity contribution in [1.82, 2.24) is 4.72 Å². The molecule has 3 N–H and O–H groups in total. The Hall–Kier alpha value is -1.44. The number of rotatable bonds is 5. The maximum absolute atomic E-state index is 12.2. The zero-order chi connectivity index (χ0) is 15.6. The third-order valence-electron chi connectivity index (χ3n) is 2.60. The van der Waals surface area contributed by atoms with Gasteiger partial charge in [-0.25, -0.2) is 17.9 Å². The van der Waals surface area contributed by atoms with E-state index >= 15 is 0 Å². The van der Waals surface area contributed by atoms with E-state index in [2.05, 4.69) is 9.46 Å². The van der Waals surface area contributed by atoms with Gasteiger partial charge in [0.15, 0.2) is 0 Å². The fourth-order valence-electron chi connectivity index (χ4n) is 1.55. The molecule has 0 bridgehead atoms. The lowest BCUT2D eigenvalue weighted by Crippen LogP contribution is -2.45. The maximum atomic E-state index is 12.2. The van der Waals surface area contributed by atoms with Gasteiger partial charge in [-0.2, -0.15) is 0 Å². The molecule has 20 heavy (non-hydrogen) atoms. The predicted octanol–water partition coefficient (Wildman–Crippen LogP) is 0.797. The molecule has 0 spiro atoms. The normalized spacial score (nSPS) is 12.2. The molecule has 0 unspecified atom stereocenters. The lowest BCUT2D eigenvalue weighted by Gasteiger charge is -2.19. The Balaban J connectivity index is 3.05. The van der Waals surface area contributed by atoms with E-state index in [1.807, 2.05) is 0 Å². The van der Waals surface area contributed by atoms with Crippen molar-refractivity contribution in [3.8, 4) is 0 Å². The molecule has 0 heterocycles. The summed E-state index contributed by atoms with van der Waals surface area (Å²) in [4.78, 5) is 11.5. The number of hydrogen-bond donors (Lipinski definition) is 2. The van der Waals surface area contributed by atoms with Gasteiger partial charge in [0.05, 0.1) is 17.6 Å². The van der Waals surface area contributed by atoms with Crippen molar-refractivity contribution in [3.63, 3.8) is 0 Å². The number of benzene rings is 1. The van der Waals surface area contributed by atoms with E-state index in [9.17, 15) is 13.2 Å². The van der Waals surface area contributed by atoms with E-state index in [1.165, 1.54) is 25.3 Å². The van der Waals surface area contributed by atoms with Gasteiger partial charge in [0.25, 0.3) is 0 Å². The highest BCUT2D eigenvalue weighted by Gasteiger charge is 2.21. The van der Waals surface area contributed by atoms with Crippen molar-refractivity contribution in [1.29, 1.82) is 0 Å². The van der Waals surface area contributed by atoms with Crippen LogP contribution in [0.4, 0.5) is 0 Å². The SMILES string of the molecule is COC(=O)c1ccc(S(=O)(=O)NCC(C)(C)N)c(C)c1. The Morgan fingerprint density at radius 1 is 1.40 bits per heavy atom. The average molecular weight is 300 g/mol. The highest BCUT2D eigenvalue weighted by molar-refractivity contribution is 7.89. The third-order valence-corrected chi connectivity index (χ3v) is 4.16. The molecular weight excluding hydrogens is 280 g/mol.